The fourth-order valence-electron chi connectivity index (χ4n) is 3.77. The first-order valence-electron chi connectivity index (χ1n) is 14.3. The Morgan fingerprint density at radius 2 is 1.15 bits per heavy atom. The minimum absolute atomic E-state index is 0.0803. The molecule has 300 valence electrons. The van der Waals surface area contributed by atoms with Crippen LogP contribution >= 0.6 is 0 Å². The van der Waals surface area contributed by atoms with Crippen molar-refractivity contribution in [3.05, 3.63) is 53.6 Å². The molecule has 1 amide bonds. The third-order valence-corrected chi connectivity index (χ3v) is 6.32. The second-order valence-electron chi connectivity index (χ2n) is 13.1. The van der Waals surface area contributed by atoms with Gasteiger partial charge in [-0.3, -0.25) is 19.1 Å². The van der Waals surface area contributed by atoms with Gasteiger partial charge in [0.05, 0.1) is 5.56 Å². The van der Waals surface area contributed by atoms with Crippen LogP contribution in [0.2, 0.25) is 0 Å². The number of rotatable bonds is 13. The maximum absolute atomic E-state index is 14.8. The molecule has 0 heterocycles. The number of benzene rings is 2. The van der Waals surface area contributed by atoms with E-state index in [4.69, 9.17) is 0 Å². The van der Waals surface area contributed by atoms with Crippen LogP contribution in [-0.4, -0.2) is 66.0 Å². The van der Waals surface area contributed by atoms with Crippen molar-refractivity contribution in [3.8, 4) is 5.75 Å². The zero-order valence-electron chi connectivity index (χ0n) is 27.7. The van der Waals surface area contributed by atoms with Crippen LogP contribution in [0.4, 0.5) is 81.6 Å². The van der Waals surface area contributed by atoms with Crippen molar-refractivity contribution in [2.75, 3.05) is 10.6 Å². The molecule has 0 aromatic heterocycles. The van der Waals surface area contributed by atoms with Gasteiger partial charge in [-0.05, 0) is 63.2 Å². The maximum Gasteiger partial charge on any atom is 0.462 e. The van der Waals surface area contributed by atoms with E-state index >= 15 is 0 Å². The first-order chi connectivity index (χ1) is 23.4. The van der Waals surface area contributed by atoms with E-state index in [-0.39, 0.29) is 11.2 Å². The molecule has 2 aromatic rings. The lowest BCUT2D eigenvalue weighted by Gasteiger charge is -2.38. The van der Waals surface area contributed by atoms with Gasteiger partial charge in [-0.25, -0.2) is 4.39 Å². The second kappa shape index (κ2) is 14.3. The number of ether oxygens (including phenoxy) is 3. The van der Waals surface area contributed by atoms with Crippen LogP contribution in [0.5, 0.6) is 5.75 Å². The smallest absolute Gasteiger partial charge is 0.428 e. The number of halogens is 16. The third kappa shape index (κ3) is 10.1. The number of carbonyl (C=O) groups excluding carboxylic acids is 2. The van der Waals surface area contributed by atoms with E-state index in [0.29, 0.717) is 17.8 Å². The van der Waals surface area contributed by atoms with Gasteiger partial charge in [0.2, 0.25) is 0 Å². The summed E-state index contributed by atoms with van der Waals surface area (Å²) in [6.45, 7) is 9.07. The minimum atomic E-state index is -7.88. The van der Waals surface area contributed by atoms with E-state index in [1.165, 1.54) is 45.0 Å². The van der Waals surface area contributed by atoms with Gasteiger partial charge >= 0.3 is 48.8 Å². The number of carbonyl (C=O) groups is 2. The van der Waals surface area contributed by atoms with Gasteiger partial charge in [0.25, 0.3) is 5.91 Å². The zero-order valence-corrected chi connectivity index (χ0v) is 27.7. The van der Waals surface area contributed by atoms with E-state index in [1.54, 1.807) is 4.74 Å². The molecular formula is C30H28F16N2O5. The molecule has 0 bridgehead atoms. The topological polar surface area (TPSA) is 85.9 Å². The molecule has 7 nitrogen and oxygen atoms in total. The van der Waals surface area contributed by atoms with Crippen molar-refractivity contribution in [1.29, 1.82) is 0 Å². The van der Waals surface area contributed by atoms with Gasteiger partial charge in [-0.2, -0.15) is 65.9 Å². The molecule has 0 aliphatic carbocycles. The molecule has 2 rings (SSSR count). The lowest BCUT2D eigenvalue weighted by Crippen LogP contribution is -2.66. The van der Waals surface area contributed by atoms with E-state index in [0.717, 1.165) is 6.07 Å². The predicted molar refractivity (Wildman–Crippen MR) is 151 cm³/mol. The summed E-state index contributed by atoms with van der Waals surface area (Å²) in [6.07, 6.45) is -42.4. The lowest BCUT2D eigenvalue weighted by atomic mass is 9.86. The quantitative estimate of drug-likeness (QED) is 0.155. The number of hydrogen-bond acceptors (Lipinski definition) is 6. The van der Waals surface area contributed by atoms with Crippen molar-refractivity contribution >= 4 is 23.1 Å². The monoisotopic (exact) mass is 800 g/mol. The number of Topliss-reactive ketones (excluding diaryl/α,β-unsaturated/α-hetero) is 1. The van der Waals surface area contributed by atoms with Crippen molar-refractivity contribution in [2.45, 2.75) is 95.9 Å². The molecule has 0 aliphatic rings. The molecule has 0 spiro atoms. The van der Waals surface area contributed by atoms with E-state index in [9.17, 15) is 79.8 Å². The molecular weight excluding hydrogens is 772 g/mol. The molecule has 2 atom stereocenters. The minimum Gasteiger partial charge on any atom is -0.428 e. The Balaban J connectivity index is 2.52. The summed E-state index contributed by atoms with van der Waals surface area (Å²) < 4.78 is 225. The van der Waals surface area contributed by atoms with Gasteiger partial charge in [0.15, 0.2) is 5.78 Å². The van der Waals surface area contributed by atoms with Gasteiger partial charge in [0, 0.05) is 27.9 Å². The lowest BCUT2D eigenvalue weighted by molar-refractivity contribution is -0.543. The summed E-state index contributed by atoms with van der Waals surface area (Å²) in [6, 6.07) is 7.53. The van der Waals surface area contributed by atoms with Gasteiger partial charge in [-0.15, -0.1) is 0 Å². The molecule has 2 unspecified atom stereocenters. The Morgan fingerprint density at radius 3 is 1.58 bits per heavy atom. The largest absolute Gasteiger partial charge is 0.462 e. The van der Waals surface area contributed by atoms with Crippen LogP contribution in [0.1, 0.15) is 62.3 Å². The number of amides is 1. The van der Waals surface area contributed by atoms with E-state index in [2.05, 4.69) is 20.1 Å². The highest BCUT2D eigenvalue weighted by Gasteiger charge is 2.84. The molecule has 2 N–H and O–H groups in total. The summed E-state index contributed by atoms with van der Waals surface area (Å²) >= 11 is 0. The van der Waals surface area contributed by atoms with Crippen molar-refractivity contribution in [3.63, 3.8) is 0 Å². The number of alkyl halides is 16. The highest BCUT2D eigenvalue weighted by Crippen LogP contribution is 2.55. The summed E-state index contributed by atoms with van der Waals surface area (Å²) in [4.78, 5) is 25.8. The zero-order chi connectivity index (χ0) is 41.6. The molecule has 0 fully saturated rings. The molecule has 0 radical (unpaired) electrons. The van der Waals surface area contributed by atoms with Crippen LogP contribution in [0.15, 0.2) is 42.5 Å². The number of hydrogen-bond donors (Lipinski definition) is 2. The van der Waals surface area contributed by atoms with Crippen LogP contribution in [-0.2, 0) is 9.47 Å². The number of nitrogens with one attached hydrogen (secondary N) is 2. The third-order valence-electron chi connectivity index (χ3n) is 6.32. The molecule has 0 aliphatic heterocycles. The highest BCUT2D eigenvalue weighted by atomic mass is 19.4. The van der Waals surface area contributed by atoms with Crippen LogP contribution < -0.4 is 15.4 Å². The van der Waals surface area contributed by atoms with Crippen LogP contribution in [0.25, 0.3) is 0 Å². The predicted octanol–water partition coefficient (Wildman–Crippen LogP) is 10.3. The molecule has 23 heteroatoms. The maximum atomic E-state index is 14.8. The number of ketones is 1. The Hall–Kier alpha value is -4.02. The summed E-state index contributed by atoms with van der Waals surface area (Å²) in [5.74, 6) is -19.6. The van der Waals surface area contributed by atoms with Crippen molar-refractivity contribution in [2.24, 2.45) is 5.41 Å². The molecule has 53 heavy (non-hydrogen) atoms. The average molecular weight is 801 g/mol. The van der Waals surface area contributed by atoms with Crippen LogP contribution in [0, 0.1) is 5.41 Å². The standard InChI is InChI=1S/C30H28F16N2O5/c1-22(2,3)19(49)17-12-7-14(20(50)47-15-8-10-16(11-9-15)48-23(4,5)6)13-18(17)51-24(32,33)21(31)52-30(45,46)26(36,28(40,41)42)53-29(43,44)25(34,35)27(37,38)39/h7-13,21,48H,1-6H3,(H,47,50). The SMILES string of the molecule is CC(C)(C)Nc1ccc(NC(=O)c2ccc(C(=O)C(C)(C)C)c(OC(F)(F)C(F)OC(F)(F)C(F)(OC(F)(F)C(F)(F)C(F)(F)F)C(F)(F)F)c2)cc1. The van der Waals surface area contributed by atoms with E-state index in [1.807, 2.05) is 20.8 Å². The highest BCUT2D eigenvalue weighted by molar-refractivity contribution is 6.07. The second-order valence-corrected chi connectivity index (χ2v) is 13.1. The molecule has 0 saturated heterocycles. The molecule has 0 saturated carbocycles. The first kappa shape index (κ1) is 45.1. The fourth-order valence-corrected chi connectivity index (χ4v) is 3.77. The normalized spacial score (nSPS) is 15.7. The van der Waals surface area contributed by atoms with E-state index < -0.39 is 82.8 Å². The fraction of sp³-hybridized carbons (Fsp3) is 0.533. The Kier molecular flexibility index (Phi) is 12.2. The summed E-state index contributed by atoms with van der Waals surface area (Å²) in [5.41, 5.74) is -2.86. The summed E-state index contributed by atoms with van der Waals surface area (Å²) in [7, 11) is 0. The Morgan fingerprint density at radius 1 is 0.660 bits per heavy atom. The molecule has 2 aromatic carbocycles. The Bertz CT molecular complexity index is 1630. The summed E-state index contributed by atoms with van der Waals surface area (Å²) in [5, 5.41) is 5.40. The average Bonchev–Trinajstić information content (AvgIpc) is 2.94. The van der Waals surface area contributed by atoms with Gasteiger partial charge in [-0.1, -0.05) is 20.8 Å². The van der Waals surface area contributed by atoms with Gasteiger partial charge in [0.1, 0.15) is 5.75 Å². The number of anilines is 2. The van der Waals surface area contributed by atoms with Crippen LogP contribution in [0.3, 0.4) is 0 Å². The van der Waals surface area contributed by atoms with Gasteiger partial charge < -0.3 is 15.4 Å². The van der Waals surface area contributed by atoms with Crippen molar-refractivity contribution < 1.29 is 94.0 Å². The first-order valence-corrected chi connectivity index (χ1v) is 14.3. The Labute approximate surface area is 288 Å². The van der Waals surface area contributed by atoms with Crippen molar-refractivity contribution in [1.82, 2.24) is 0 Å².